The molecule has 0 aliphatic heterocycles. The van der Waals surface area contributed by atoms with Crippen LogP contribution in [-0.4, -0.2) is 48.7 Å². The van der Waals surface area contributed by atoms with E-state index in [-0.39, 0.29) is 62.2 Å². The maximum Gasteiger partial charge on any atom is 0.248 e. The molecule has 8 heteroatoms. The summed E-state index contributed by atoms with van der Waals surface area (Å²) in [5.74, 6) is -5.51. The van der Waals surface area contributed by atoms with Crippen molar-refractivity contribution in [3.63, 3.8) is 0 Å². The van der Waals surface area contributed by atoms with Crippen LogP contribution in [0.15, 0.2) is 0 Å². The van der Waals surface area contributed by atoms with Gasteiger partial charge in [-0.25, -0.2) is 17.6 Å². The normalized spacial score (nSPS) is 25.6. The van der Waals surface area contributed by atoms with E-state index < -0.39 is 24.0 Å². The highest BCUT2D eigenvalue weighted by Gasteiger charge is 2.38. The Morgan fingerprint density at radius 2 is 1.43 bits per heavy atom. The Labute approximate surface area is 177 Å². The standard InChI is InChI=1S/C22H37F4NO3/c1-14(2)20(28)27-19(13-29-18-7-11-22(25,26)12-8-18)16(4)30-15(3)17-5-9-21(23,24)10-6-17/h14-19H,5-13H2,1-4H3,(H,27,28). The molecule has 0 bridgehead atoms. The van der Waals surface area contributed by atoms with Crippen molar-refractivity contribution in [3.05, 3.63) is 0 Å². The van der Waals surface area contributed by atoms with Gasteiger partial charge in [0.2, 0.25) is 17.8 Å². The summed E-state index contributed by atoms with van der Waals surface area (Å²) in [5, 5.41) is 2.94. The molecule has 3 unspecified atom stereocenters. The van der Waals surface area contributed by atoms with E-state index in [2.05, 4.69) is 5.32 Å². The number of ether oxygens (including phenoxy) is 2. The van der Waals surface area contributed by atoms with Crippen LogP contribution in [-0.2, 0) is 14.3 Å². The Hall–Kier alpha value is -0.890. The van der Waals surface area contributed by atoms with Gasteiger partial charge in [0.05, 0.1) is 31.0 Å². The summed E-state index contributed by atoms with van der Waals surface area (Å²) in [6.07, 6.45) is -0.0730. The quantitative estimate of drug-likeness (QED) is 0.493. The van der Waals surface area contributed by atoms with Crippen LogP contribution in [0.25, 0.3) is 0 Å². The molecule has 2 fully saturated rings. The van der Waals surface area contributed by atoms with Gasteiger partial charge in [-0.2, -0.15) is 0 Å². The zero-order valence-corrected chi connectivity index (χ0v) is 18.6. The van der Waals surface area contributed by atoms with E-state index in [1.54, 1.807) is 13.8 Å². The Morgan fingerprint density at radius 1 is 0.933 bits per heavy atom. The number of carbonyl (C=O) groups excluding carboxylic acids is 1. The first-order valence-corrected chi connectivity index (χ1v) is 11.2. The second kappa shape index (κ2) is 10.6. The van der Waals surface area contributed by atoms with Crippen molar-refractivity contribution in [2.45, 2.75) is 115 Å². The topological polar surface area (TPSA) is 47.6 Å². The predicted octanol–water partition coefficient (Wildman–Crippen LogP) is 5.34. The van der Waals surface area contributed by atoms with Crippen LogP contribution < -0.4 is 5.32 Å². The molecule has 0 heterocycles. The molecule has 0 aromatic carbocycles. The molecular weight excluding hydrogens is 402 g/mol. The van der Waals surface area contributed by atoms with E-state index >= 15 is 0 Å². The average molecular weight is 440 g/mol. The third-order valence-corrected chi connectivity index (χ3v) is 6.45. The summed E-state index contributed by atoms with van der Waals surface area (Å²) < 4.78 is 65.5. The Bertz CT molecular complexity index is 539. The molecule has 0 aromatic heterocycles. The summed E-state index contributed by atoms with van der Waals surface area (Å²) in [5.41, 5.74) is 0. The lowest BCUT2D eigenvalue weighted by molar-refractivity contribution is -0.131. The minimum atomic E-state index is -2.62. The lowest BCUT2D eigenvalue weighted by atomic mass is 9.83. The largest absolute Gasteiger partial charge is 0.376 e. The zero-order chi connectivity index (χ0) is 22.5. The maximum atomic E-state index is 13.4. The Morgan fingerprint density at radius 3 is 1.93 bits per heavy atom. The molecule has 1 N–H and O–H groups in total. The van der Waals surface area contributed by atoms with Crippen molar-refractivity contribution >= 4 is 5.91 Å². The van der Waals surface area contributed by atoms with Gasteiger partial charge in [0.15, 0.2) is 0 Å². The number of halogens is 4. The fraction of sp³-hybridized carbons (Fsp3) is 0.955. The lowest BCUT2D eigenvalue weighted by Gasteiger charge is -2.36. The zero-order valence-electron chi connectivity index (χ0n) is 18.6. The van der Waals surface area contributed by atoms with Crippen molar-refractivity contribution in [2.24, 2.45) is 11.8 Å². The second-order valence-electron chi connectivity index (χ2n) is 9.40. The van der Waals surface area contributed by atoms with Gasteiger partial charge in [0.1, 0.15) is 0 Å². The second-order valence-corrected chi connectivity index (χ2v) is 9.40. The molecule has 2 aliphatic carbocycles. The first-order chi connectivity index (χ1) is 13.9. The first-order valence-electron chi connectivity index (χ1n) is 11.2. The molecule has 0 spiro atoms. The van der Waals surface area contributed by atoms with Crippen molar-refractivity contribution in [1.29, 1.82) is 0 Å². The van der Waals surface area contributed by atoms with Gasteiger partial charge in [-0.05, 0) is 45.4 Å². The van der Waals surface area contributed by atoms with Gasteiger partial charge in [-0.1, -0.05) is 13.8 Å². The number of amides is 1. The highest BCUT2D eigenvalue weighted by Crippen LogP contribution is 2.38. The number of hydrogen-bond donors (Lipinski definition) is 1. The summed E-state index contributed by atoms with van der Waals surface area (Å²) in [4.78, 5) is 12.2. The molecule has 0 saturated heterocycles. The predicted molar refractivity (Wildman–Crippen MR) is 107 cm³/mol. The minimum Gasteiger partial charge on any atom is -0.376 e. The van der Waals surface area contributed by atoms with E-state index in [0.717, 1.165) is 0 Å². The van der Waals surface area contributed by atoms with Gasteiger partial charge in [0, 0.05) is 31.6 Å². The number of hydrogen-bond acceptors (Lipinski definition) is 3. The monoisotopic (exact) mass is 439 g/mol. The number of alkyl halides is 4. The summed E-state index contributed by atoms with van der Waals surface area (Å²) >= 11 is 0. The highest BCUT2D eigenvalue weighted by atomic mass is 19.3. The van der Waals surface area contributed by atoms with Gasteiger partial charge in [-0.15, -0.1) is 0 Å². The Balaban J connectivity index is 1.90. The molecule has 0 radical (unpaired) electrons. The van der Waals surface area contributed by atoms with Crippen molar-refractivity contribution in [3.8, 4) is 0 Å². The van der Waals surface area contributed by atoms with Gasteiger partial charge < -0.3 is 14.8 Å². The smallest absolute Gasteiger partial charge is 0.248 e. The number of nitrogens with one attached hydrogen (secondary N) is 1. The van der Waals surface area contributed by atoms with Crippen molar-refractivity contribution in [2.75, 3.05) is 6.61 Å². The van der Waals surface area contributed by atoms with E-state index in [0.29, 0.717) is 25.7 Å². The first kappa shape index (κ1) is 25.4. The van der Waals surface area contributed by atoms with Crippen molar-refractivity contribution in [1.82, 2.24) is 5.32 Å². The molecule has 2 saturated carbocycles. The third kappa shape index (κ3) is 7.98. The van der Waals surface area contributed by atoms with E-state index in [9.17, 15) is 22.4 Å². The summed E-state index contributed by atoms with van der Waals surface area (Å²) in [6.45, 7) is 7.46. The fourth-order valence-corrected chi connectivity index (χ4v) is 4.14. The number of carbonyl (C=O) groups is 1. The van der Waals surface area contributed by atoms with E-state index in [4.69, 9.17) is 9.47 Å². The van der Waals surface area contributed by atoms with Crippen LogP contribution in [0.4, 0.5) is 17.6 Å². The SMILES string of the molecule is CC(C)C(=O)NC(COC1CCC(F)(F)CC1)C(C)OC(C)C1CCC(F)(F)CC1. The van der Waals surface area contributed by atoms with Crippen LogP contribution in [0.5, 0.6) is 0 Å². The minimum absolute atomic E-state index is 0.0509. The Kier molecular flexibility index (Phi) is 8.98. The van der Waals surface area contributed by atoms with Crippen LogP contribution in [0, 0.1) is 11.8 Å². The summed E-state index contributed by atoms with van der Waals surface area (Å²) in [6, 6.07) is -0.435. The maximum absolute atomic E-state index is 13.4. The average Bonchev–Trinajstić information content (AvgIpc) is 2.65. The molecule has 2 aliphatic rings. The molecule has 4 nitrogen and oxygen atoms in total. The molecule has 176 valence electrons. The number of rotatable bonds is 9. The fourth-order valence-electron chi connectivity index (χ4n) is 4.14. The molecular formula is C22H37F4NO3. The highest BCUT2D eigenvalue weighted by molar-refractivity contribution is 5.78. The van der Waals surface area contributed by atoms with Gasteiger partial charge in [-0.3, -0.25) is 4.79 Å². The van der Waals surface area contributed by atoms with Crippen molar-refractivity contribution < 1.29 is 31.8 Å². The molecule has 0 aromatic rings. The van der Waals surface area contributed by atoms with Crippen LogP contribution in [0.1, 0.15) is 79.1 Å². The van der Waals surface area contributed by atoms with Gasteiger partial charge in [0.25, 0.3) is 0 Å². The molecule has 1 amide bonds. The molecule has 30 heavy (non-hydrogen) atoms. The van der Waals surface area contributed by atoms with E-state index in [1.807, 2.05) is 13.8 Å². The lowest BCUT2D eigenvalue weighted by Crippen LogP contribution is -2.49. The summed E-state index contributed by atoms with van der Waals surface area (Å²) in [7, 11) is 0. The van der Waals surface area contributed by atoms with Crippen LogP contribution in [0.3, 0.4) is 0 Å². The third-order valence-electron chi connectivity index (χ3n) is 6.45. The molecule has 3 atom stereocenters. The molecule has 2 rings (SSSR count). The van der Waals surface area contributed by atoms with Crippen LogP contribution >= 0.6 is 0 Å². The van der Waals surface area contributed by atoms with Crippen LogP contribution in [0.2, 0.25) is 0 Å². The van der Waals surface area contributed by atoms with Gasteiger partial charge >= 0.3 is 0 Å². The van der Waals surface area contributed by atoms with E-state index in [1.165, 1.54) is 0 Å².